The number of carbonyl (C=O) groups is 1. The highest BCUT2D eigenvalue weighted by Gasteiger charge is 2.29. The van der Waals surface area contributed by atoms with Gasteiger partial charge in [0.25, 0.3) is 0 Å². The molecule has 1 fully saturated rings. The molecule has 0 aromatic heterocycles. The van der Waals surface area contributed by atoms with Crippen molar-refractivity contribution in [2.75, 3.05) is 6.61 Å². The Morgan fingerprint density at radius 2 is 2.16 bits per heavy atom. The van der Waals surface area contributed by atoms with Crippen LogP contribution in [0.5, 0.6) is 0 Å². The number of rotatable bonds is 5. The number of aryl methyl sites for hydroxylation is 1. The highest BCUT2D eigenvalue weighted by Crippen LogP contribution is 2.41. The van der Waals surface area contributed by atoms with E-state index >= 15 is 0 Å². The van der Waals surface area contributed by atoms with Crippen molar-refractivity contribution in [3.63, 3.8) is 0 Å². The van der Waals surface area contributed by atoms with Crippen LogP contribution in [0.1, 0.15) is 48.3 Å². The maximum Gasteiger partial charge on any atom is 0.303 e. The van der Waals surface area contributed by atoms with Crippen LogP contribution in [0.25, 0.3) is 0 Å². The van der Waals surface area contributed by atoms with Crippen molar-refractivity contribution in [3.8, 4) is 0 Å². The third kappa shape index (κ3) is 3.16. The van der Waals surface area contributed by atoms with E-state index in [1.54, 1.807) is 0 Å². The number of hydrogen-bond acceptors (Lipinski definition) is 2. The zero-order chi connectivity index (χ0) is 13.8. The van der Waals surface area contributed by atoms with E-state index in [9.17, 15) is 9.90 Å². The minimum atomic E-state index is -0.751. The number of hydrogen-bond donors (Lipinski definition) is 2. The molecule has 104 valence electrons. The third-order valence-electron chi connectivity index (χ3n) is 4.39. The fourth-order valence-corrected chi connectivity index (χ4v) is 3.28. The maximum atomic E-state index is 10.7. The summed E-state index contributed by atoms with van der Waals surface area (Å²) in [5.41, 5.74) is 3.65. The molecule has 2 unspecified atom stereocenters. The Balaban J connectivity index is 2.21. The van der Waals surface area contributed by atoms with Gasteiger partial charge in [-0.1, -0.05) is 24.6 Å². The number of carboxylic acids is 1. The molecule has 1 aliphatic carbocycles. The fourth-order valence-electron chi connectivity index (χ4n) is 3.28. The maximum absolute atomic E-state index is 10.7. The van der Waals surface area contributed by atoms with Gasteiger partial charge < -0.3 is 10.2 Å². The monoisotopic (exact) mass is 262 g/mol. The summed E-state index contributed by atoms with van der Waals surface area (Å²) in [7, 11) is 0. The van der Waals surface area contributed by atoms with Crippen LogP contribution in [0, 0.1) is 12.8 Å². The van der Waals surface area contributed by atoms with Crippen molar-refractivity contribution in [2.24, 2.45) is 5.92 Å². The second-order valence-electron chi connectivity index (χ2n) is 5.51. The molecule has 2 atom stereocenters. The number of aliphatic carboxylic acids is 1. The zero-order valence-electron chi connectivity index (χ0n) is 11.4. The topological polar surface area (TPSA) is 57.5 Å². The molecule has 0 radical (unpaired) electrons. The van der Waals surface area contributed by atoms with Crippen LogP contribution in [-0.2, 0) is 11.2 Å². The summed E-state index contributed by atoms with van der Waals surface area (Å²) in [6, 6.07) is 6.18. The van der Waals surface area contributed by atoms with E-state index in [-0.39, 0.29) is 13.0 Å². The van der Waals surface area contributed by atoms with Gasteiger partial charge in [-0.2, -0.15) is 0 Å². The summed E-state index contributed by atoms with van der Waals surface area (Å²) >= 11 is 0. The Labute approximate surface area is 114 Å². The minimum absolute atomic E-state index is 0.179. The standard InChI is InChI=1S/C16H22O3/c1-11-12(8-9-16(18)19)4-2-6-14(11)15-7-3-5-13(15)10-17/h2,4,6,13,15,17H,3,5,7-10H2,1H3,(H,18,19). The zero-order valence-corrected chi connectivity index (χ0v) is 11.4. The van der Waals surface area contributed by atoms with E-state index in [1.165, 1.54) is 17.5 Å². The van der Waals surface area contributed by atoms with Crippen LogP contribution in [-0.4, -0.2) is 22.8 Å². The van der Waals surface area contributed by atoms with Gasteiger partial charge in [-0.25, -0.2) is 0 Å². The quantitative estimate of drug-likeness (QED) is 0.857. The molecule has 0 amide bonds. The molecular weight excluding hydrogens is 240 g/mol. The summed E-state index contributed by atoms with van der Waals surface area (Å²) < 4.78 is 0. The van der Waals surface area contributed by atoms with Crippen molar-refractivity contribution < 1.29 is 15.0 Å². The molecule has 2 rings (SSSR count). The fraction of sp³-hybridized carbons (Fsp3) is 0.562. The predicted molar refractivity (Wildman–Crippen MR) is 74.3 cm³/mol. The smallest absolute Gasteiger partial charge is 0.303 e. The number of benzene rings is 1. The minimum Gasteiger partial charge on any atom is -0.481 e. The molecular formula is C16H22O3. The summed E-state index contributed by atoms with van der Waals surface area (Å²) in [5, 5.41) is 18.2. The van der Waals surface area contributed by atoms with Crippen molar-refractivity contribution in [3.05, 3.63) is 34.9 Å². The van der Waals surface area contributed by atoms with Gasteiger partial charge >= 0.3 is 5.97 Å². The van der Waals surface area contributed by atoms with E-state index in [2.05, 4.69) is 13.0 Å². The molecule has 0 heterocycles. The van der Waals surface area contributed by atoms with Gasteiger partial charge in [0.15, 0.2) is 0 Å². The molecule has 19 heavy (non-hydrogen) atoms. The van der Waals surface area contributed by atoms with Crippen molar-refractivity contribution in [1.29, 1.82) is 0 Å². The first-order valence-corrected chi connectivity index (χ1v) is 7.04. The van der Waals surface area contributed by atoms with Crippen LogP contribution in [0.4, 0.5) is 0 Å². The Bertz CT molecular complexity index is 453. The van der Waals surface area contributed by atoms with Gasteiger partial charge in [0.1, 0.15) is 0 Å². The van der Waals surface area contributed by atoms with E-state index in [1.807, 2.05) is 12.1 Å². The second-order valence-corrected chi connectivity index (χ2v) is 5.51. The summed E-state index contributed by atoms with van der Waals surface area (Å²) in [6.45, 7) is 2.34. The van der Waals surface area contributed by atoms with Crippen LogP contribution >= 0.6 is 0 Å². The average molecular weight is 262 g/mol. The summed E-state index contributed by atoms with van der Waals surface area (Å²) in [5.74, 6) is 0.0575. The van der Waals surface area contributed by atoms with Crippen molar-refractivity contribution in [2.45, 2.75) is 44.9 Å². The highest BCUT2D eigenvalue weighted by molar-refractivity contribution is 5.67. The van der Waals surface area contributed by atoms with Crippen LogP contribution in [0.3, 0.4) is 0 Å². The molecule has 1 aliphatic rings. The van der Waals surface area contributed by atoms with E-state index in [0.29, 0.717) is 18.3 Å². The average Bonchev–Trinajstić information content (AvgIpc) is 2.85. The molecule has 0 bridgehead atoms. The van der Waals surface area contributed by atoms with Crippen LogP contribution in [0.2, 0.25) is 0 Å². The molecule has 3 nitrogen and oxygen atoms in total. The Hall–Kier alpha value is -1.35. The van der Waals surface area contributed by atoms with Gasteiger partial charge in [-0.05, 0) is 54.7 Å². The molecule has 3 heteroatoms. The lowest BCUT2D eigenvalue weighted by Crippen LogP contribution is -2.12. The Morgan fingerprint density at radius 3 is 2.84 bits per heavy atom. The van der Waals surface area contributed by atoms with Gasteiger partial charge in [-0.3, -0.25) is 4.79 Å². The molecule has 2 N–H and O–H groups in total. The lowest BCUT2D eigenvalue weighted by molar-refractivity contribution is -0.136. The summed E-state index contributed by atoms with van der Waals surface area (Å²) in [4.78, 5) is 10.7. The summed E-state index contributed by atoms with van der Waals surface area (Å²) in [6.07, 6.45) is 4.17. The van der Waals surface area contributed by atoms with Crippen LogP contribution < -0.4 is 0 Å². The predicted octanol–water partition coefficient (Wildman–Crippen LogP) is 2.89. The molecule has 1 aromatic carbocycles. The number of carboxylic acid groups (broad SMARTS) is 1. The first-order chi connectivity index (χ1) is 9.13. The number of aliphatic hydroxyl groups excluding tert-OH is 1. The Kier molecular flexibility index (Phi) is 4.59. The molecule has 0 spiro atoms. The van der Waals surface area contributed by atoms with Gasteiger partial charge in [0.2, 0.25) is 0 Å². The van der Waals surface area contributed by atoms with Gasteiger partial charge in [0.05, 0.1) is 0 Å². The lowest BCUT2D eigenvalue weighted by atomic mass is 9.84. The normalized spacial score (nSPS) is 22.6. The first-order valence-electron chi connectivity index (χ1n) is 7.04. The molecule has 0 saturated heterocycles. The first kappa shape index (κ1) is 14.1. The second kappa shape index (κ2) is 6.20. The molecule has 1 saturated carbocycles. The Morgan fingerprint density at radius 1 is 1.37 bits per heavy atom. The third-order valence-corrected chi connectivity index (χ3v) is 4.39. The lowest BCUT2D eigenvalue weighted by Gasteiger charge is -2.21. The van der Waals surface area contributed by atoms with Crippen molar-refractivity contribution >= 4 is 5.97 Å². The van der Waals surface area contributed by atoms with E-state index in [0.717, 1.165) is 18.4 Å². The highest BCUT2D eigenvalue weighted by atomic mass is 16.4. The largest absolute Gasteiger partial charge is 0.481 e. The van der Waals surface area contributed by atoms with E-state index < -0.39 is 5.97 Å². The van der Waals surface area contributed by atoms with Gasteiger partial charge in [0, 0.05) is 13.0 Å². The molecule has 1 aromatic rings. The SMILES string of the molecule is Cc1c(CCC(=O)O)cccc1C1CCCC1CO. The van der Waals surface area contributed by atoms with E-state index in [4.69, 9.17) is 5.11 Å². The van der Waals surface area contributed by atoms with Gasteiger partial charge in [-0.15, -0.1) is 0 Å². The molecule has 0 aliphatic heterocycles. The van der Waals surface area contributed by atoms with Crippen LogP contribution in [0.15, 0.2) is 18.2 Å². The van der Waals surface area contributed by atoms with Crippen molar-refractivity contribution in [1.82, 2.24) is 0 Å². The number of aliphatic hydroxyl groups is 1.